The van der Waals surface area contributed by atoms with Crippen LogP contribution in [0.2, 0.25) is 0 Å². The third-order valence-electron chi connectivity index (χ3n) is 2.85. The average molecular weight is 257 g/mol. The van der Waals surface area contributed by atoms with E-state index >= 15 is 0 Å². The van der Waals surface area contributed by atoms with Gasteiger partial charge in [-0.3, -0.25) is 4.98 Å². The zero-order chi connectivity index (χ0) is 13.1. The van der Waals surface area contributed by atoms with Gasteiger partial charge in [0.05, 0.1) is 11.9 Å². The first-order chi connectivity index (χ1) is 8.59. The van der Waals surface area contributed by atoms with Crippen LogP contribution < -0.4 is 10.6 Å². The summed E-state index contributed by atoms with van der Waals surface area (Å²) in [7, 11) is 1.98. The number of aryl methyl sites for hydroxylation is 1. The maximum atomic E-state index is 5.73. The molecule has 0 bridgehead atoms. The van der Waals surface area contributed by atoms with Crippen LogP contribution in [0.1, 0.15) is 11.1 Å². The van der Waals surface area contributed by atoms with E-state index in [1.165, 1.54) is 5.56 Å². The van der Waals surface area contributed by atoms with Crippen molar-refractivity contribution in [3.63, 3.8) is 0 Å². The Labute approximate surface area is 112 Å². The second-order valence-electron chi connectivity index (χ2n) is 4.15. The highest BCUT2D eigenvalue weighted by Crippen LogP contribution is 2.26. The molecular weight excluding hydrogens is 242 g/mol. The van der Waals surface area contributed by atoms with Crippen molar-refractivity contribution in [3.8, 4) is 0 Å². The molecule has 0 atom stereocenters. The fourth-order valence-corrected chi connectivity index (χ4v) is 1.94. The zero-order valence-electron chi connectivity index (χ0n) is 10.4. The van der Waals surface area contributed by atoms with Crippen molar-refractivity contribution in [1.29, 1.82) is 0 Å². The SMILES string of the molecule is Cc1ccc(N(C)c2cnccc2C(N)=S)cc1. The van der Waals surface area contributed by atoms with Gasteiger partial charge < -0.3 is 10.6 Å². The van der Waals surface area contributed by atoms with E-state index in [0.717, 1.165) is 16.9 Å². The van der Waals surface area contributed by atoms with Crippen LogP contribution in [0.5, 0.6) is 0 Å². The highest BCUT2D eigenvalue weighted by atomic mass is 32.1. The van der Waals surface area contributed by atoms with Gasteiger partial charge in [-0.15, -0.1) is 0 Å². The molecule has 0 aliphatic carbocycles. The van der Waals surface area contributed by atoms with Gasteiger partial charge in [0, 0.05) is 24.5 Å². The Morgan fingerprint density at radius 1 is 1.22 bits per heavy atom. The molecule has 2 rings (SSSR count). The molecule has 0 saturated heterocycles. The Balaban J connectivity index is 2.42. The molecule has 0 fully saturated rings. The van der Waals surface area contributed by atoms with Gasteiger partial charge in [0.15, 0.2) is 0 Å². The van der Waals surface area contributed by atoms with Crippen LogP contribution in [-0.2, 0) is 0 Å². The summed E-state index contributed by atoms with van der Waals surface area (Å²) in [5, 5.41) is 0. The Kier molecular flexibility index (Phi) is 3.58. The van der Waals surface area contributed by atoms with Crippen molar-refractivity contribution in [1.82, 2.24) is 4.98 Å². The van der Waals surface area contributed by atoms with Crippen LogP contribution in [0, 0.1) is 6.92 Å². The minimum atomic E-state index is 0.381. The lowest BCUT2D eigenvalue weighted by atomic mass is 10.1. The second kappa shape index (κ2) is 5.14. The average Bonchev–Trinajstić information content (AvgIpc) is 2.39. The summed E-state index contributed by atoms with van der Waals surface area (Å²) in [6.45, 7) is 2.06. The van der Waals surface area contributed by atoms with Gasteiger partial charge in [-0.2, -0.15) is 0 Å². The van der Waals surface area contributed by atoms with Gasteiger partial charge in [-0.05, 0) is 25.1 Å². The van der Waals surface area contributed by atoms with Crippen LogP contribution in [0.4, 0.5) is 11.4 Å². The van der Waals surface area contributed by atoms with Crippen LogP contribution in [0.25, 0.3) is 0 Å². The Hall–Kier alpha value is -1.94. The van der Waals surface area contributed by atoms with Crippen LogP contribution in [0.15, 0.2) is 42.7 Å². The molecule has 4 heteroatoms. The molecule has 1 aromatic carbocycles. The molecule has 1 heterocycles. The number of nitrogens with zero attached hydrogens (tertiary/aromatic N) is 2. The van der Waals surface area contributed by atoms with Crippen LogP contribution in [-0.4, -0.2) is 17.0 Å². The molecular formula is C14H15N3S. The number of hydrogen-bond donors (Lipinski definition) is 1. The van der Waals surface area contributed by atoms with E-state index in [1.807, 2.05) is 18.0 Å². The first kappa shape index (κ1) is 12.5. The molecule has 18 heavy (non-hydrogen) atoms. The monoisotopic (exact) mass is 257 g/mol. The molecule has 0 aliphatic heterocycles. The fraction of sp³-hybridized carbons (Fsp3) is 0.143. The molecule has 0 amide bonds. The number of rotatable bonds is 3. The van der Waals surface area contributed by atoms with Crippen LogP contribution in [0.3, 0.4) is 0 Å². The van der Waals surface area contributed by atoms with Gasteiger partial charge >= 0.3 is 0 Å². The predicted molar refractivity (Wildman–Crippen MR) is 79.4 cm³/mol. The minimum absolute atomic E-state index is 0.381. The van der Waals surface area contributed by atoms with E-state index in [2.05, 4.69) is 36.2 Å². The summed E-state index contributed by atoms with van der Waals surface area (Å²) >= 11 is 5.06. The molecule has 0 saturated carbocycles. The maximum Gasteiger partial charge on any atom is 0.106 e. The van der Waals surface area contributed by atoms with Gasteiger partial charge in [0.25, 0.3) is 0 Å². The van der Waals surface area contributed by atoms with E-state index in [4.69, 9.17) is 18.0 Å². The van der Waals surface area contributed by atoms with Gasteiger partial charge in [-0.1, -0.05) is 29.9 Å². The molecule has 2 aromatic rings. The van der Waals surface area contributed by atoms with E-state index in [9.17, 15) is 0 Å². The van der Waals surface area contributed by atoms with Crippen molar-refractivity contribution in [2.24, 2.45) is 5.73 Å². The van der Waals surface area contributed by atoms with E-state index in [1.54, 1.807) is 12.4 Å². The highest BCUT2D eigenvalue weighted by molar-refractivity contribution is 7.80. The summed E-state index contributed by atoms with van der Waals surface area (Å²) in [5.74, 6) is 0. The lowest BCUT2D eigenvalue weighted by molar-refractivity contribution is 1.17. The van der Waals surface area contributed by atoms with Crippen molar-refractivity contribution in [2.75, 3.05) is 11.9 Å². The van der Waals surface area contributed by atoms with Crippen molar-refractivity contribution >= 4 is 28.6 Å². The number of benzene rings is 1. The lowest BCUT2D eigenvalue weighted by Gasteiger charge is -2.21. The van der Waals surface area contributed by atoms with Crippen molar-refractivity contribution in [2.45, 2.75) is 6.92 Å². The Morgan fingerprint density at radius 3 is 2.50 bits per heavy atom. The summed E-state index contributed by atoms with van der Waals surface area (Å²) in [6, 6.07) is 10.1. The third-order valence-corrected chi connectivity index (χ3v) is 3.07. The minimum Gasteiger partial charge on any atom is -0.389 e. The maximum absolute atomic E-state index is 5.73. The normalized spacial score (nSPS) is 10.1. The molecule has 0 radical (unpaired) electrons. The second-order valence-corrected chi connectivity index (χ2v) is 4.59. The molecule has 0 aliphatic rings. The molecule has 1 aromatic heterocycles. The van der Waals surface area contributed by atoms with Crippen molar-refractivity contribution in [3.05, 3.63) is 53.9 Å². The molecule has 92 valence electrons. The summed E-state index contributed by atoms with van der Waals surface area (Å²) in [6.07, 6.45) is 3.47. The van der Waals surface area contributed by atoms with E-state index in [-0.39, 0.29) is 0 Å². The number of pyridine rings is 1. The molecule has 3 nitrogen and oxygen atoms in total. The predicted octanol–water partition coefficient (Wildman–Crippen LogP) is 2.79. The van der Waals surface area contributed by atoms with E-state index < -0.39 is 0 Å². The van der Waals surface area contributed by atoms with Crippen LogP contribution >= 0.6 is 12.2 Å². The summed E-state index contributed by atoms with van der Waals surface area (Å²) in [5.41, 5.74) is 9.78. The third kappa shape index (κ3) is 2.49. The highest BCUT2D eigenvalue weighted by Gasteiger charge is 2.10. The topological polar surface area (TPSA) is 42.2 Å². The number of hydrogen-bond acceptors (Lipinski definition) is 3. The number of nitrogens with two attached hydrogens (primary N) is 1. The largest absolute Gasteiger partial charge is 0.389 e. The lowest BCUT2D eigenvalue weighted by Crippen LogP contribution is -2.18. The molecule has 0 unspecified atom stereocenters. The van der Waals surface area contributed by atoms with Gasteiger partial charge in [-0.25, -0.2) is 0 Å². The number of anilines is 2. The number of aromatic nitrogens is 1. The van der Waals surface area contributed by atoms with Gasteiger partial charge in [0.2, 0.25) is 0 Å². The summed E-state index contributed by atoms with van der Waals surface area (Å²) < 4.78 is 0. The smallest absolute Gasteiger partial charge is 0.106 e. The van der Waals surface area contributed by atoms with Crippen molar-refractivity contribution < 1.29 is 0 Å². The molecule has 2 N–H and O–H groups in total. The zero-order valence-corrected chi connectivity index (χ0v) is 11.2. The fourth-order valence-electron chi connectivity index (χ4n) is 1.77. The Morgan fingerprint density at radius 2 is 1.89 bits per heavy atom. The summed E-state index contributed by atoms with van der Waals surface area (Å²) in [4.78, 5) is 6.54. The van der Waals surface area contributed by atoms with E-state index in [0.29, 0.717) is 4.99 Å². The number of thiocarbonyl (C=S) groups is 1. The van der Waals surface area contributed by atoms with Gasteiger partial charge in [0.1, 0.15) is 4.99 Å². The Bertz CT molecular complexity index is 564. The first-order valence-electron chi connectivity index (χ1n) is 5.64. The molecule has 0 spiro atoms. The quantitative estimate of drug-likeness (QED) is 0.859. The first-order valence-corrected chi connectivity index (χ1v) is 6.04. The standard InChI is InChI=1S/C14H15N3S/c1-10-3-5-11(6-4-10)17(2)13-9-16-8-7-12(13)14(15)18/h3-9H,1-2H3,(H2,15,18).